The van der Waals surface area contributed by atoms with Crippen LogP contribution in [-0.2, 0) is 4.79 Å². The maximum atomic E-state index is 12.1. The molecule has 0 aromatic heterocycles. The van der Waals surface area contributed by atoms with Gasteiger partial charge in [-0.2, -0.15) is 0 Å². The van der Waals surface area contributed by atoms with E-state index in [2.05, 4.69) is 10.2 Å². The minimum atomic E-state index is -1.18. The van der Waals surface area contributed by atoms with E-state index in [0.717, 1.165) is 19.1 Å². The van der Waals surface area contributed by atoms with Crippen molar-refractivity contribution >= 4 is 12.0 Å². The molecule has 0 aromatic rings. The fraction of sp³-hybridized carbons (Fsp3) is 0.846. The zero-order valence-electron chi connectivity index (χ0n) is 11.7. The molecule has 0 spiro atoms. The molecular formula is C13H23N3O3. The van der Waals surface area contributed by atoms with Gasteiger partial charge in [-0.05, 0) is 26.2 Å². The molecule has 0 aromatic carbocycles. The molecule has 2 fully saturated rings. The molecule has 2 aliphatic rings. The number of amides is 2. The smallest absolute Gasteiger partial charge is 0.329 e. The second-order valence-corrected chi connectivity index (χ2v) is 5.68. The van der Waals surface area contributed by atoms with E-state index in [1.165, 1.54) is 12.8 Å². The summed E-state index contributed by atoms with van der Waals surface area (Å²) in [6.45, 7) is 6.47. The van der Waals surface area contributed by atoms with Crippen molar-refractivity contribution in [3.8, 4) is 0 Å². The van der Waals surface area contributed by atoms with Crippen LogP contribution in [0.15, 0.2) is 0 Å². The van der Waals surface area contributed by atoms with Crippen LogP contribution in [0.25, 0.3) is 0 Å². The molecule has 6 heteroatoms. The first-order valence-electron chi connectivity index (χ1n) is 7.01. The first-order chi connectivity index (χ1) is 8.96. The monoisotopic (exact) mass is 269 g/mol. The summed E-state index contributed by atoms with van der Waals surface area (Å²) in [5.74, 6) is -0.986. The molecule has 1 aliphatic heterocycles. The maximum absolute atomic E-state index is 12.1. The minimum absolute atomic E-state index is 0.262. The molecule has 108 valence electrons. The Balaban J connectivity index is 1.85. The highest BCUT2D eigenvalue weighted by Gasteiger charge is 2.36. The van der Waals surface area contributed by atoms with E-state index >= 15 is 0 Å². The van der Waals surface area contributed by atoms with Crippen molar-refractivity contribution in [3.05, 3.63) is 0 Å². The van der Waals surface area contributed by atoms with E-state index < -0.39 is 11.5 Å². The van der Waals surface area contributed by atoms with Gasteiger partial charge in [0.15, 0.2) is 0 Å². The predicted octanol–water partition coefficient (Wildman–Crippen LogP) is 0.729. The zero-order valence-corrected chi connectivity index (χ0v) is 11.7. The second kappa shape index (κ2) is 5.36. The Kier molecular flexibility index (Phi) is 3.99. The Labute approximate surface area is 113 Å². The van der Waals surface area contributed by atoms with Crippen LogP contribution >= 0.6 is 0 Å². The number of aliphatic carboxylic acids is 1. The van der Waals surface area contributed by atoms with Gasteiger partial charge in [0.05, 0.1) is 0 Å². The standard InChI is InChI=1S/C13H23N3O3/c1-3-13(2,11(17)18)14-12(19)16-8-6-15(7-9-16)10-4-5-10/h10H,3-9H2,1-2H3,(H,14,19)(H,17,18). The molecule has 0 bridgehead atoms. The van der Waals surface area contributed by atoms with Crippen LogP contribution in [0.2, 0.25) is 0 Å². The molecule has 1 unspecified atom stereocenters. The van der Waals surface area contributed by atoms with Gasteiger partial charge in [0.2, 0.25) is 0 Å². The number of carbonyl (C=O) groups excluding carboxylic acids is 1. The molecule has 2 N–H and O–H groups in total. The molecule has 0 radical (unpaired) electrons. The van der Waals surface area contributed by atoms with Gasteiger partial charge in [-0.3, -0.25) is 4.90 Å². The number of hydrogen-bond acceptors (Lipinski definition) is 3. The lowest BCUT2D eigenvalue weighted by molar-refractivity contribution is -0.143. The lowest BCUT2D eigenvalue weighted by atomic mass is 10.00. The third-order valence-electron chi connectivity index (χ3n) is 4.23. The molecule has 1 saturated heterocycles. The number of carbonyl (C=O) groups is 2. The Hall–Kier alpha value is -1.30. The Bertz CT molecular complexity index is 362. The van der Waals surface area contributed by atoms with E-state index in [1.54, 1.807) is 18.7 Å². The van der Waals surface area contributed by atoms with Gasteiger partial charge in [-0.15, -0.1) is 0 Å². The molecule has 2 rings (SSSR count). The van der Waals surface area contributed by atoms with Gasteiger partial charge in [0, 0.05) is 32.2 Å². The van der Waals surface area contributed by atoms with Gasteiger partial charge < -0.3 is 15.3 Å². The Morgan fingerprint density at radius 2 is 1.84 bits per heavy atom. The normalized spacial score (nSPS) is 23.8. The number of urea groups is 1. The van der Waals surface area contributed by atoms with Gasteiger partial charge >= 0.3 is 12.0 Å². The number of hydrogen-bond donors (Lipinski definition) is 2. The van der Waals surface area contributed by atoms with Crippen molar-refractivity contribution in [2.24, 2.45) is 0 Å². The van der Waals surface area contributed by atoms with Gasteiger partial charge in [0.1, 0.15) is 5.54 Å². The molecule has 1 aliphatic carbocycles. The summed E-state index contributed by atoms with van der Waals surface area (Å²) in [5, 5.41) is 11.8. The fourth-order valence-corrected chi connectivity index (χ4v) is 2.34. The molecule has 6 nitrogen and oxygen atoms in total. The Morgan fingerprint density at radius 3 is 2.26 bits per heavy atom. The largest absolute Gasteiger partial charge is 0.480 e. The first kappa shape index (κ1) is 14.1. The first-order valence-corrected chi connectivity index (χ1v) is 7.01. The average molecular weight is 269 g/mol. The van der Waals surface area contributed by atoms with E-state index in [-0.39, 0.29) is 6.03 Å². The number of carboxylic acids is 1. The van der Waals surface area contributed by atoms with Crippen LogP contribution in [0.1, 0.15) is 33.1 Å². The van der Waals surface area contributed by atoms with E-state index in [4.69, 9.17) is 5.11 Å². The van der Waals surface area contributed by atoms with Crippen molar-refractivity contribution in [2.75, 3.05) is 26.2 Å². The maximum Gasteiger partial charge on any atom is 0.329 e. The average Bonchev–Trinajstić information content (AvgIpc) is 3.22. The molecule has 2 amide bonds. The molecule has 1 heterocycles. The van der Waals surface area contributed by atoms with E-state index in [1.807, 2.05) is 0 Å². The molecule has 19 heavy (non-hydrogen) atoms. The van der Waals surface area contributed by atoms with Gasteiger partial charge in [0.25, 0.3) is 0 Å². The van der Waals surface area contributed by atoms with Gasteiger partial charge in [-0.25, -0.2) is 9.59 Å². The highest BCUT2D eigenvalue weighted by atomic mass is 16.4. The number of carboxylic acid groups (broad SMARTS) is 1. The van der Waals surface area contributed by atoms with Crippen LogP contribution in [0.3, 0.4) is 0 Å². The number of piperazine rings is 1. The topological polar surface area (TPSA) is 72.9 Å². The third-order valence-corrected chi connectivity index (χ3v) is 4.23. The van der Waals surface area contributed by atoms with Crippen molar-refractivity contribution < 1.29 is 14.7 Å². The fourth-order valence-electron chi connectivity index (χ4n) is 2.34. The lowest BCUT2D eigenvalue weighted by Crippen LogP contribution is -2.59. The highest BCUT2D eigenvalue weighted by Crippen LogP contribution is 2.27. The summed E-state index contributed by atoms with van der Waals surface area (Å²) >= 11 is 0. The summed E-state index contributed by atoms with van der Waals surface area (Å²) < 4.78 is 0. The van der Waals surface area contributed by atoms with E-state index in [9.17, 15) is 9.59 Å². The molecule has 1 saturated carbocycles. The summed E-state index contributed by atoms with van der Waals surface area (Å²) in [7, 11) is 0. The number of nitrogens with one attached hydrogen (secondary N) is 1. The van der Waals surface area contributed by atoms with Crippen molar-refractivity contribution in [3.63, 3.8) is 0 Å². The molecule has 1 atom stereocenters. The van der Waals surface area contributed by atoms with Crippen molar-refractivity contribution in [2.45, 2.75) is 44.7 Å². The third kappa shape index (κ3) is 3.18. The van der Waals surface area contributed by atoms with Crippen LogP contribution in [-0.4, -0.2) is 64.7 Å². The minimum Gasteiger partial charge on any atom is -0.480 e. The lowest BCUT2D eigenvalue weighted by Gasteiger charge is -2.36. The van der Waals surface area contributed by atoms with E-state index in [0.29, 0.717) is 19.5 Å². The van der Waals surface area contributed by atoms with Crippen molar-refractivity contribution in [1.29, 1.82) is 0 Å². The number of nitrogens with zero attached hydrogens (tertiary/aromatic N) is 2. The SMILES string of the molecule is CCC(C)(NC(=O)N1CCN(C2CC2)CC1)C(=O)O. The van der Waals surface area contributed by atoms with Crippen LogP contribution in [0.4, 0.5) is 4.79 Å². The summed E-state index contributed by atoms with van der Waals surface area (Å²) in [6, 6.07) is 0.465. The van der Waals surface area contributed by atoms with Crippen LogP contribution in [0.5, 0.6) is 0 Å². The summed E-state index contributed by atoms with van der Waals surface area (Å²) in [4.78, 5) is 27.4. The number of rotatable bonds is 4. The van der Waals surface area contributed by atoms with Crippen LogP contribution in [0, 0.1) is 0 Å². The molecular weight excluding hydrogens is 246 g/mol. The zero-order chi connectivity index (χ0) is 14.0. The highest BCUT2D eigenvalue weighted by molar-refractivity contribution is 5.85. The van der Waals surface area contributed by atoms with Crippen molar-refractivity contribution in [1.82, 2.24) is 15.1 Å². The second-order valence-electron chi connectivity index (χ2n) is 5.68. The predicted molar refractivity (Wildman–Crippen MR) is 71.0 cm³/mol. The van der Waals surface area contributed by atoms with Gasteiger partial charge in [-0.1, -0.05) is 6.92 Å². The quantitative estimate of drug-likeness (QED) is 0.789. The Morgan fingerprint density at radius 1 is 1.26 bits per heavy atom. The summed E-state index contributed by atoms with van der Waals surface area (Å²) in [5.41, 5.74) is -1.18. The summed E-state index contributed by atoms with van der Waals surface area (Å²) in [6.07, 6.45) is 2.92. The van der Waals surface area contributed by atoms with Crippen LogP contribution < -0.4 is 5.32 Å².